The molecular formula is C24H29N5O6S. The number of carboxylic acids is 1. The zero-order valence-electron chi connectivity index (χ0n) is 19.8. The number of rotatable bonds is 7. The van der Waals surface area contributed by atoms with Gasteiger partial charge in [-0.25, -0.2) is 13.2 Å². The van der Waals surface area contributed by atoms with Crippen LogP contribution in [0.3, 0.4) is 0 Å². The van der Waals surface area contributed by atoms with Crippen molar-refractivity contribution in [3.63, 3.8) is 0 Å². The van der Waals surface area contributed by atoms with E-state index in [0.29, 0.717) is 32.6 Å². The maximum Gasteiger partial charge on any atom is 0.323 e. The summed E-state index contributed by atoms with van der Waals surface area (Å²) in [4.78, 5) is 42.8. The summed E-state index contributed by atoms with van der Waals surface area (Å²) in [5.74, 6) is -1.40. The molecule has 0 saturated carbocycles. The minimum atomic E-state index is -4.08. The molecule has 3 N–H and O–H groups in total. The van der Waals surface area contributed by atoms with Crippen molar-refractivity contribution in [1.29, 1.82) is 0 Å². The number of hydrogen-bond acceptors (Lipinski definition) is 6. The average molecular weight is 516 g/mol. The van der Waals surface area contributed by atoms with E-state index in [9.17, 15) is 27.9 Å². The van der Waals surface area contributed by atoms with E-state index in [4.69, 9.17) is 0 Å². The standard InChI is InChI=1S/C24H29N5O6S/c1-27-17-29(18-8-4-2-5-9-18)24(22(27)32)12-14-28(15-13-24)23(33)25-16-20(21(30)31)26-36(34,35)19-10-6-3-7-11-19/h2-11,20,26H,12-17H2,1H3,(H,25,33)(H,30,31). The van der Waals surface area contributed by atoms with Gasteiger partial charge in [0, 0.05) is 32.4 Å². The van der Waals surface area contributed by atoms with Gasteiger partial charge in [-0.15, -0.1) is 0 Å². The first-order valence-corrected chi connectivity index (χ1v) is 13.0. The van der Waals surface area contributed by atoms with Gasteiger partial charge in [-0.05, 0) is 37.1 Å². The second-order valence-electron chi connectivity index (χ2n) is 8.94. The number of para-hydroxylation sites is 1. The molecule has 36 heavy (non-hydrogen) atoms. The Labute approximate surface area is 209 Å². The number of carbonyl (C=O) groups excluding carboxylic acids is 2. The lowest BCUT2D eigenvalue weighted by Gasteiger charge is -2.43. The Balaban J connectivity index is 1.38. The first-order valence-electron chi connectivity index (χ1n) is 11.6. The lowest BCUT2D eigenvalue weighted by molar-refractivity contribution is -0.138. The van der Waals surface area contributed by atoms with E-state index in [1.54, 1.807) is 18.0 Å². The van der Waals surface area contributed by atoms with Crippen molar-refractivity contribution in [3.05, 3.63) is 60.7 Å². The van der Waals surface area contributed by atoms with Crippen LogP contribution in [-0.4, -0.2) is 86.2 Å². The van der Waals surface area contributed by atoms with E-state index in [2.05, 4.69) is 14.9 Å². The van der Waals surface area contributed by atoms with Gasteiger partial charge in [-0.1, -0.05) is 36.4 Å². The van der Waals surface area contributed by atoms with Crippen LogP contribution in [0, 0.1) is 0 Å². The topological polar surface area (TPSA) is 139 Å². The first kappa shape index (κ1) is 25.5. The van der Waals surface area contributed by atoms with Crippen molar-refractivity contribution >= 4 is 33.6 Å². The van der Waals surface area contributed by atoms with Gasteiger partial charge in [0.15, 0.2) is 0 Å². The van der Waals surface area contributed by atoms with Crippen LogP contribution < -0.4 is 14.9 Å². The van der Waals surface area contributed by atoms with Crippen molar-refractivity contribution in [2.24, 2.45) is 0 Å². The minimum absolute atomic E-state index is 0.00710. The molecule has 192 valence electrons. The Hall–Kier alpha value is -3.64. The number of nitrogens with one attached hydrogen (secondary N) is 2. The molecule has 3 amide bonds. The van der Waals surface area contributed by atoms with Gasteiger partial charge in [0.1, 0.15) is 11.6 Å². The summed E-state index contributed by atoms with van der Waals surface area (Å²) < 4.78 is 27.1. The normalized spacial score (nSPS) is 18.4. The molecule has 1 atom stereocenters. The Morgan fingerprint density at radius 1 is 1.03 bits per heavy atom. The SMILES string of the molecule is CN1CN(c2ccccc2)C2(CCN(C(=O)NCC(NS(=O)(=O)c3ccccc3)C(=O)O)CC2)C1=O. The highest BCUT2D eigenvalue weighted by atomic mass is 32.2. The number of urea groups is 1. The van der Waals surface area contributed by atoms with Crippen LogP contribution in [0.15, 0.2) is 65.6 Å². The number of amides is 3. The van der Waals surface area contributed by atoms with Gasteiger partial charge in [-0.3, -0.25) is 9.59 Å². The molecule has 4 rings (SSSR count). The third-order valence-corrected chi connectivity index (χ3v) is 8.15. The lowest BCUT2D eigenvalue weighted by atomic mass is 9.85. The van der Waals surface area contributed by atoms with Gasteiger partial charge in [0.2, 0.25) is 15.9 Å². The van der Waals surface area contributed by atoms with E-state index in [-0.39, 0.29) is 10.8 Å². The minimum Gasteiger partial charge on any atom is -0.480 e. The van der Waals surface area contributed by atoms with E-state index in [1.807, 2.05) is 30.3 Å². The van der Waals surface area contributed by atoms with Crippen molar-refractivity contribution in [3.8, 4) is 0 Å². The number of aliphatic carboxylic acids is 1. The number of benzene rings is 2. The van der Waals surface area contributed by atoms with E-state index < -0.39 is 40.1 Å². The monoisotopic (exact) mass is 515 g/mol. The molecule has 0 radical (unpaired) electrons. The molecular weight excluding hydrogens is 486 g/mol. The lowest BCUT2D eigenvalue weighted by Crippen LogP contribution is -2.59. The largest absolute Gasteiger partial charge is 0.480 e. The Kier molecular flexibility index (Phi) is 7.18. The van der Waals surface area contributed by atoms with E-state index >= 15 is 0 Å². The number of sulfonamides is 1. The van der Waals surface area contributed by atoms with Crippen LogP contribution in [-0.2, 0) is 19.6 Å². The third kappa shape index (κ3) is 5.00. The molecule has 0 bridgehead atoms. The number of likely N-dealkylation sites (tertiary alicyclic amines) is 1. The third-order valence-electron chi connectivity index (χ3n) is 6.67. The number of carboxylic acid groups (broad SMARTS) is 1. The highest BCUT2D eigenvalue weighted by Crippen LogP contribution is 2.38. The fraction of sp³-hybridized carbons (Fsp3) is 0.375. The number of likely N-dealkylation sites (N-methyl/N-ethyl adjacent to an activating group) is 1. The van der Waals surface area contributed by atoms with Crippen LogP contribution >= 0.6 is 0 Å². The Morgan fingerprint density at radius 2 is 1.61 bits per heavy atom. The summed E-state index contributed by atoms with van der Waals surface area (Å²) in [7, 11) is -2.32. The molecule has 11 nitrogen and oxygen atoms in total. The Morgan fingerprint density at radius 3 is 2.19 bits per heavy atom. The van der Waals surface area contributed by atoms with Crippen molar-refractivity contribution in [1.82, 2.24) is 19.8 Å². The average Bonchev–Trinajstić information content (AvgIpc) is 3.12. The van der Waals surface area contributed by atoms with Gasteiger partial charge in [0.05, 0.1) is 11.6 Å². The summed E-state index contributed by atoms with van der Waals surface area (Å²) in [6.07, 6.45) is 0.836. The zero-order chi connectivity index (χ0) is 25.9. The van der Waals surface area contributed by atoms with Crippen LogP contribution in [0.4, 0.5) is 10.5 Å². The number of nitrogens with zero attached hydrogens (tertiary/aromatic N) is 3. The highest BCUT2D eigenvalue weighted by Gasteiger charge is 2.53. The molecule has 0 aromatic heterocycles. The first-order chi connectivity index (χ1) is 17.1. The van der Waals surface area contributed by atoms with Gasteiger partial charge < -0.3 is 25.1 Å². The van der Waals surface area contributed by atoms with E-state index in [1.165, 1.54) is 29.2 Å². The fourth-order valence-electron chi connectivity index (χ4n) is 4.72. The predicted molar refractivity (Wildman–Crippen MR) is 132 cm³/mol. The molecule has 2 fully saturated rings. The molecule has 2 saturated heterocycles. The molecule has 1 spiro atoms. The van der Waals surface area contributed by atoms with Crippen LogP contribution in [0.2, 0.25) is 0 Å². The summed E-state index contributed by atoms with van der Waals surface area (Å²) >= 11 is 0. The number of piperidine rings is 1. The molecule has 2 aromatic rings. The van der Waals surface area contributed by atoms with Crippen LogP contribution in [0.1, 0.15) is 12.8 Å². The summed E-state index contributed by atoms with van der Waals surface area (Å²) in [6.45, 7) is 0.612. The van der Waals surface area contributed by atoms with Gasteiger partial charge >= 0.3 is 12.0 Å². The van der Waals surface area contributed by atoms with Crippen molar-refractivity contribution in [2.45, 2.75) is 29.3 Å². The fourth-order valence-corrected chi connectivity index (χ4v) is 5.93. The number of carbonyl (C=O) groups is 3. The highest BCUT2D eigenvalue weighted by molar-refractivity contribution is 7.89. The molecule has 2 aromatic carbocycles. The summed E-state index contributed by atoms with van der Waals surface area (Å²) in [5, 5.41) is 12.0. The molecule has 12 heteroatoms. The second kappa shape index (κ2) is 10.2. The maximum absolute atomic E-state index is 13.1. The van der Waals surface area contributed by atoms with Crippen LogP contribution in [0.25, 0.3) is 0 Å². The summed E-state index contributed by atoms with van der Waals surface area (Å²) in [6, 6.07) is 15.0. The maximum atomic E-state index is 13.1. The van der Waals surface area contributed by atoms with Gasteiger partial charge in [0.25, 0.3) is 0 Å². The van der Waals surface area contributed by atoms with Crippen LogP contribution in [0.5, 0.6) is 0 Å². The van der Waals surface area contributed by atoms with Gasteiger partial charge in [-0.2, -0.15) is 4.72 Å². The molecule has 0 aliphatic carbocycles. The second-order valence-corrected chi connectivity index (χ2v) is 10.7. The quantitative estimate of drug-likeness (QED) is 0.498. The number of hydrogen-bond donors (Lipinski definition) is 3. The molecule has 2 aliphatic heterocycles. The smallest absolute Gasteiger partial charge is 0.323 e. The van der Waals surface area contributed by atoms with Crippen molar-refractivity contribution in [2.75, 3.05) is 38.3 Å². The number of anilines is 1. The molecule has 1 unspecified atom stereocenters. The predicted octanol–water partition coefficient (Wildman–Crippen LogP) is 0.898. The zero-order valence-corrected chi connectivity index (χ0v) is 20.6. The molecule has 2 aliphatic rings. The Bertz CT molecular complexity index is 1220. The van der Waals surface area contributed by atoms with E-state index in [0.717, 1.165) is 5.69 Å². The molecule has 2 heterocycles. The summed E-state index contributed by atoms with van der Waals surface area (Å²) in [5.41, 5.74) is 0.185. The van der Waals surface area contributed by atoms with Crippen molar-refractivity contribution < 1.29 is 27.9 Å².